The molecule has 186 valence electrons. The first kappa shape index (κ1) is 25.8. The van der Waals surface area contributed by atoms with Gasteiger partial charge in [-0.3, -0.25) is 0 Å². The number of fused-ring (bicyclic) bond motifs is 1. The van der Waals surface area contributed by atoms with Gasteiger partial charge in [0.1, 0.15) is 29.0 Å². The van der Waals surface area contributed by atoms with Crippen LogP contribution in [-0.2, 0) is 24.2 Å². The molecule has 1 aliphatic heterocycles. The van der Waals surface area contributed by atoms with Gasteiger partial charge in [0.25, 0.3) is 0 Å². The molecule has 2 aliphatic rings. The van der Waals surface area contributed by atoms with Crippen LogP contribution in [0.3, 0.4) is 0 Å². The molecule has 1 saturated carbocycles. The predicted octanol–water partition coefficient (Wildman–Crippen LogP) is 3.29. The molecule has 1 aromatic rings. The largest absolute Gasteiger partial charge is 0.443 e. The fourth-order valence-corrected chi connectivity index (χ4v) is 4.92. The van der Waals surface area contributed by atoms with Crippen LogP contribution in [0, 0.1) is 5.92 Å². The van der Waals surface area contributed by atoms with E-state index in [2.05, 4.69) is 15.3 Å². The summed E-state index contributed by atoms with van der Waals surface area (Å²) in [5.41, 5.74) is -1.06. The second-order valence-corrected chi connectivity index (χ2v) is 11.7. The third-order valence-electron chi connectivity index (χ3n) is 5.06. The second kappa shape index (κ2) is 8.75. The van der Waals surface area contributed by atoms with E-state index in [0.29, 0.717) is 5.82 Å². The van der Waals surface area contributed by atoms with Crippen LogP contribution in [-0.4, -0.2) is 59.4 Å². The zero-order valence-corrected chi connectivity index (χ0v) is 20.3. The molecule has 0 bridgehead atoms. The Morgan fingerprint density at radius 1 is 1.27 bits per heavy atom. The van der Waals surface area contributed by atoms with Crippen LogP contribution in [0.1, 0.15) is 47.5 Å². The summed E-state index contributed by atoms with van der Waals surface area (Å²) in [6, 6.07) is 0.958. The maximum Gasteiger partial charge on any atom is 0.421 e. The van der Waals surface area contributed by atoms with E-state index >= 15 is 0 Å². The number of rotatable bonds is 6. The molecule has 0 radical (unpaired) electrons. The van der Waals surface area contributed by atoms with E-state index in [-0.39, 0.29) is 11.6 Å². The lowest BCUT2D eigenvalue weighted by Crippen LogP contribution is -2.46. The van der Waals surface area contributed by atoms with E-state index in [1.807, 2.05) is 0 Å². The van der Waals surface area contributed by atoms with Gasteiger partial charge in [-0.1, -0.05) is 11.6 Å². The molecule has 0 spiro atoms. The van der Waals surface area contributed by atoms with Crippen molar-refractivity contribution in [3.63, 3.8) is 0 Å². The molecule has 0 aromatic carbocycles. The van der Waals surface area contributed by atoms with E-state index in [1.54, 1.807) is 13.8 Å². The van der Waals surface area contributed by atoms with Gasteiger partial charge in [0, 0.05) is 12.5 Å². The van der Waals surface area contributed by atoms with Gasteiger partial charge in [-0.05, 0) is 47.0 Å². The highest BCUT2D eigenvalue weighted by molar-refractivity contribution is 7.91. The molecule has 4 atom stereocenters. The Bertz CT molecular complexity index is 1000. The summed E-state index contributed by atoms with van der Waals surface area (Å²) in [7, 11) is -5.37. The van der Waals surface area contributed by atoms with E-state index < -0.39 is 63.3 Å². The zero-order chi connectivity index (χ0) is 24.8. The minimum Gasteiger partial charge on any atom is -0.443 e. The van der Waals surface area contributed by atoms with Crippen LogP contribution in [0.5, 0.6) is 0 Å². The number of ether oxygens (including phenoxy) is 3. The van der Waals surface area contributed by atoms with Gasteiger partial charge >= 0.3 is 21.4 Å². The summed E-state index contributed by atoms with van der Waals surface area (Å²) < 4.78 is 72.2. The van der Waals surface area contributed by atoms with Crippen LogP contribution < -0.4 is 10.0 Å². The molecule has 1 aliphatic carbocycles. The Morgan fingerprint density at radius 2 is 1.91 bits per heavy atom. The first-order chi connectivity index (χ1) is 15.0. The Labute approximate surface area is 195 Å². The van der Waals surface area contributed by atoms with Crippen molar-refractivity contribution in [1.82, 2.24) is 14.7 Å². The maximum atomic E-state index is 14.9. The number of aromatic nitrogens is 2. The van der Waals surface area contributed by atoms with Crippen LogP contribution in [0.15, 0.2) is 12.4 Å². The topological polar surface area (TPSA) is 129 Å². The van der Waals surface area contributed by atoms with Gasteiger partial charge in [0.15, 0.2) is 5.79 Å². The van der Waals surface area contributed by atoms with Crippen molar-refractivity contribution in [2.75, 3.05) is 5.32 Å². The highest BCUT2D eigenvalue weighted by Crippen LogP contribution is 2.46. The molecule has 2 N–H and O–H groups in total. The van der Waals surface area contributed by atoms with Crippen molar-refractivity contribution in [3.8, 4) is 0 Å². The Hall–Kier alpha value is -1.83. The number of hydrogen-bond acceptors (Lipinski definition) is 9. The van der Waals surface area contributed by atoms with Gasteiger partial charge in [-0.2, -0.15) is 8.78 Å². The van der Waals surface area contributed by atoms with Gasteiger partial charge in [0.2, 0.25) is 0 Å². The van der Waals surface area contributed by atoms with Crippen LogP contribution in [0.4, 0.5) is 19.4 Å². The average molecular weight is 513 g/mol. The smallest absolute Gasteiger partial charge is 0.421 e. The van der Waals surface area contributed by atoms with E-state index in [0.717, 1.165) is 0 Å². The van der Waals surface area contributed by atoms with Gasteiger partial charge < -0.3 is 19.5 Å². The second-order valence-electron chi connectivity index (χ2n) is 9.49. The lowest BCUT2D eigenvalue weighted by Gasteiger charge is -2.26. The molecular formula is C19H27ClF2N4O6S. The van der Waals surface area contributed by atoms with Crippen LogP contribution >= 0.6 is 11.6 Å². The molecule has 3 rings (SSSR count). The lowest BCUT2D eigenvalue weighted by molar-refractivity contribution is -0.159. The number of alkyl halides is 2. The molecule has 0 unspecified atom stereocenters. The molecular weight excluding hydrogens is 486 g/mol. The van der Waals surface area contributed by atoms with Crippen LogP contribution in [0.2, 0.25) is 5.15 Å². The van der Waals surface area contributed by atoms with E-state index in [1.165, 1.54) is 37.9 Å². The fourth-order valence-electron chi connectivity index (χ4n) is 3.93. The number of sulfonamides is 1. The first-order valence-corrected chi connectivity index (χ1v) is 12.1. The van der Waals surface area contributed by atoms with E-state index in [4.69, 9.17) is 25.8 Å². The predicted molar refractivity (Wildman–Crippen MR) is 114 cm³/mol. The average Bonchev–Trinajstić information content (AvgIpc) is 3.07. The number of nitrogens with zero attached hydrogens (tertiary/aromatic N) is 2. The molecule has 1 saturated heterocycles. The van der Waals surface area contributed by atoms with Crippen LogP contribution in [0.25, 0.3) is 0 Å². The molecule has 2 heterocycles. The minimum atomic E-state index is -5.37. The molecule has 10 nitrogen and oxygen atoms in total. The molecule has 33 heavy (non-hydrogen) atoms. The Kier molecular flexibility index (Phi) is 6.84. The highest BCUT2D eigenvalue weighted by Gasteiger charge is 2.58. The van der Waals surface area contributed by atoms with Gasteiger partial charge in [-0.15, -0.1) is 0 Å². The number of hydrogen-bond donors (Lipinski definition) is 2. The van der Waals surface area contributed by atoms with Gasteiger partial charge in [-0.25, -0.2) is 27.9 Å². The first-order valence-electron chi connectivity index (χ1n) is 10.2. The van der Waals surface area contributed by atoms with Crippen molar-refractivity contribution in [1.29, 1.82) is 0 Å². The van der Waals surface area contributed by atoms with E-state index in [9.17, 15) is 22.0 Å². The zero-order valence-electron chi connectivity index (χ0n) is 18.8. The number of anilines is 1. The summed E-state index contributed by atoms with van der Waals surface area (Å²) in [6.45, 7) is 7.72. The normalized spacial score (nSPS) is 27.2. The molecule has 2 fully saturated rings. The molecule has 14 heteroatoms. The molecule has 1 amide bonds. The third-order valence-corrected chi connectivity index (χ3v) is 6.65. The maximum absolute atomic E-state index is 14.9. The number of halogens is 3. The van der Waals surface area contributed by atoms with Crippen molar-refractivity contribution in [3.05, 3.63) is 17.5 Å². The summed E-state index contributed by atoms with van der Waals surface area (Å²) in [5, 5.41) is -1.01. The number of carbonyl (C=O) groups is 1. The lowest BCUT2D eigenvalue weighted by atomic mass is 10.0. The summed E-state index contributed by atoms with van der Waals surface area (Å²) >= 11 is 5.88. The summed E-state index contributed by atoms with van der Waals surface area (Å²) in [4.78, 5) is 19.6. The SMILES string of the molecule is CC(C)(C)OC(=O)NS(=O)(=O)C(F)(F)C[C@H]1C[C@@H](Nc2cc(Cl)ncn2)[C@@H]2OC(C)(C)O[C@H]12. The number of nitrogens with one attached hydrogen (secondary N) is 2. The monoisotopic (exact) mass is 512 g/mol. The minimum absolute atomic E-state index is 0.102. The quantitative estimate of drug-likeness (QED) is 0.551. The summed E-state index contributed by atoms with van der Waals surface area (Å²) in [6.07, 6.45) is -2.67. The Balaban J connectivity index is 1.76. The van der Waals surface area contributed by atoms with Crippen molar-refractivity contribution in [2.24, 2.45) is 5.92 Å². The van der Waals surface area contributed by atoms with Crippen molar-refractivity contribution in [2.45, 2.75) is 82.4 Å². The van der Waals surface area contributed by atoms with Crippen molar-refractivity contribution < 1.29 is 36.2 Å². The van der Waals surface area contributed by atoms with Gasteiger partial charge in [0.05, 0.1) is 12.1 Å². The van der Waals surface area contributed by atoms with Crippen molar-refractivity contribution >= 4 is 33.5 Å². The molecule has 1 aromatic heterocycles. The number of amides is 1. The highest BCUT2D eigenvalue weighted by atomic mass is 35.5. The standard InChI is InChI=1S/C19H27ClF2N4O6S/c1-17(2,3)32-16(27)26-33(28,29)19(21,22)8-10-6-11(15-14(10)30-18(4,5)31-15)25-13-7-12(20)23-9-24-13/h7,9-11,14-15H,6,8H2,1-5H3,(H,26,27)(H,23,24,25)/t10-,11-,14-,15+/m1/s1. The Morgan fingerprint density at radius 3 is 2.52 bits per heavy atom. The number of carbonyl (C=O) groups excluding carboxylic acids is 1. The fraction of sp³-hybridized carbons (Fsp3) is 0.737. The summed E-state index contributed by atoms with van der Waals surface area (Å²) in [5.74, 6) is -1.60. The third kappa shape index (κ3) is 6.19.